The monoisotopic (exact) mass is 285 g/mol. The molecule has 1 aromatic carbocycles. The average Bonchev–Trinajstić information content (AvgIpc) is 2.95. The Morgan fingerprint density at radius 1 is 1.33 bits per heavy atom. The lowest BCUT2D eigenvalue weighted by molar-refractivity contribution is 0.0698. The van der Waals surface area contributed by atoms with Gasteiger partial charge in [-0.3, -0.25) is 0 Å². The third-order valence-corrected chi connectivity index (χ3v) is 4.20. The molecule has 2 heterocycles. The number of aromatic nitrogens is 1. The lowest BCUT2D eigenvalue weighted by atomic mass is 10.1. The SMILES string of the molecule is CN(C)C1CCN(c2ncc(C(=O)O)c3ccccc23)C1. The van der Waals surface area contributed by atoms with Gasteiger partial charge in [0.1, 0.15) is 5.82 Å². The highest BCUT2D eigenvalue weighted by atomic mass is 16.4. The lowest BCUT2D eigenvalue weighted by Crippen LogP contribution is -2.31. The van der Waals surface area contributed by atoms with Crippen molar-refractivity contribution in [3.63, 3.8) is 0 Å². The van der Waals surface area contributed by atoms with Crippen LogP contribution in [-0.2, 0) is 0 Å². The van der Waals surface area contributed by atoms with Crippen molar-refractivity contribution in [2.24, 2.45) is 0 Å². The van der Waals surface area contributed by atoms with E-state index in [0.717, 1.165) is 36.1 Å². The van der Waals surface area contributed by atoms with Gasteiger partial charge in [-0.15, -0.1) is 0 Å². The smallest absolute Gasteiger partial charge is 0.337 e. The topological polar surface area (TPSA) is 56.7 Å². The number of nitrogens with zero attached hydrogens (tertiary/aromatic N) is 3. The Labute approximate surface area is 123 Å². The largest absolute Gasteiger partial charge is 0.478 e. The second kappa shape index (κ2) is 5.33. The Morgan fingerprint density at radius 2 is 2.05 bits per heavy atom. The summed E-state index contributed by atoms with van der Waals surface area (Å²) < 4.78 is 0. The van der Waals surface area contributed by atoms with Crippen molar-refractivity contribution in [1.82, 2.24) is 9.88 Å². The Kier molecular flexibility index (Phi) is 3.51. The minimum absolute atomic E-state index is 0.262. The molecule has 1 aliphatic heterocycles. The maximum Gasteiger partial charge on any atom is 0.337 e. The second-order valence-electron chi connectivity index (χ2n) is 5.70. The van der Waals surface area contributed by atoms with Gasteiger partial charge in [-0.25, -0.2) is 9.78 Å². The zero-order valence-electron chi connectivity index (χ0n) is 12.3. The first-order valence-corrected chi connectivity index (χ1v) is 7.10. The van der Waals surface area contributed by atoms with Crippen molar-refractivity contribution in [1.29, 1.82) is 0 Å². The lowest BCUT2D eigenvalue weighted by Gasteiger charge is -2.22. The van der Waals surface area contributed by atoms with Crippen LogP contribution >= 0.6 is 0 Å². The molecule has 5 nitrogen and oxygen atoms in total. The maximum absolute atomic E-state index is 11.3. The van der Waals surface area contributed by atoms with Crippen molar-refractivity contribution < 1.29 is 9.90 Å². The minimum Gasteiger partial charge on any atom is -0.478 e. The summed E-state index contributed by atoms with van der Waals surface area (Å²) in [5.41, 5.74) is 0.262. The van der Waals surface area contributed by atoms with Crippen LogP contribution in [0.1, 0.15) is 16.8 Å². The van der Waals surface area contributed by atoms with E-state index in [-0.39, 0.29) is 5.56 Å². The van der Waals surface area contributed by atoms with Crippen LogP contribution < -0.4 is 4.90 Å². The first-order chi connectivity index (χ1) is 10.1. The van der Waals surface area contributed by atoms with Crippen LogP contribution in [0.2, 0.25) is 0 Å². The number of rotatable bonds is 3. The van der Waals surface area contributed by atoms with E-state index in [0.29, 0.717) is 6.04 Å². The molecule has 1 unspecified atom stereocenters. The molecule has 2 aromatic rings. The molecule has 0 saturated carbocycles. The molecule has 0 amide bonds. The summed E-state index contributed by atoms with van der Waals surface area (Å²) in [6, 6.07) is 8.12. The van der Waals surface area contributed by atoms with Crippen LogP contribution in [0, 0.1) is 0 Å². The normalized spacial score (nSPS) is 18.6. The van der Waals surface area contributed by atoms with Crippen molar-refractivity contribution >= 4 is 22.6 Å². The molecule has 3 rings (SSSR count). The predicted molar refractivity (Wildman–Crippen MR) is 83.0 cm³/mol. The molecule has 1 fully saturated rings. The fourth-order valence-corrected chi connectivity index (χ4v) is 2.96. The molecule has 0 aliphatic carbocycles. The van der Waals surface area contributed by atoms with Gasteiger partial charge in [-0.05, 0) is 20.5 Å². The molecule has 1 N–H and O–H groups in total. The number of hydrogen-bond donors (Lipinski definition) is 1. The second-order valence-corrected chi connectivity index (χ2v) is 5.70. The molecule has 0 radical (unpaired) electrons. The fraction of sp³-hybridized carbons (Fsp3) is 0.375. The molecular formula is C16H19N3O2. The number of aromatic carboxylic acids is 1. The molecular weight excluding hydrogens is 266 g/mol. The Hall–Kier alpha value is -2.14. The molecule has 1 atom stereocenters. The van der Waals surface area contributed by atoms with Gasteiger partial charge in [-0.2, -0.15) is 0 Å². The van der Waals surface area contributed by atoms with Gasteiger partial charge in [0, 0.05) is 36.1 Å². The summed E-state index contributed by atoms with van der Waals surface area (Å²) in [4.78, 5) is 20.2. The number of carbonyl (C=O) groups is 1. The summed E-state index contributed by atoms with van der Waals surface area (Å²) in [7, 11) is 4.18. The standard InChI is InChI=1S/C16H19N3O2/c1-18(2)11-7-8-19(10-11)15-13-6-4-3-5-12(13)14(9-17-15)16(20)21/h3-6,9,11H,7-8,10H2,1-2H3,(H,20,21). The van der Waals surface area contributed by atoms with Crippen molar-refractivity contribution in [2.45, 2.75) is 12.5 Å². The third-order valence-electron chi connectivity index (χ3n) is 4.20. The fourth-order valence-electron chi connectivity index (χ4n) is 2.96. The van der Waals surface area contributed by atoms with E-state index in [9.17, 15) is 9.90 Å². The Bertz CT molecular complexity index is 684. The minimum atomic E-state index is -0.933. The van der Waals surface area contributed by atoms with Gasteiger partial charge in [0.15, 0.2) is 0 Å². The zero-order chi connectivity index (χ0) is 15.0. The summed E-state index contributed by atoms with van der Waals surface area (Å²) in [5, 5.41) is 11.0. The number of carboxylic acids is 1. The molecule has 0 spiro atoms. The molecule has 110 valence electrons. The van der Waals surface area contributed by atoms with Crippen LogP contribution in [-0.4, -0.2) is 54.2 Å². The van der Waals surface area contributed by atoms with Gasteiger partial charge in [0.2, 0.25) is 0 Å². The highest BCUT2D eigenvalue weighted by Crippen LogP contribution is 2.30. The van der Waals surface area contributed by atoms with E-state index in [1.165, 1.54) is 6.20 Å². The molecule has 1 aliphatic rings. The molecule has 1 saturated heterocycles. The van der Waals surface area contributed by atoms with Crippen LogP contribution in [0.5, 0.6) is 0 Å². The van der Waals surface area contributed by atoms with Crippen LogP contribution in [0.3, 0.4) is 0 Å². The van der Waals surface area contributed by atoms with Gasteiger partial charge in [0.05, 0.1) is 5.56 Å². The van der Waals surface area contributed by atoms with Crippen LogP contribution in [0.25, 0.3) is 10.8 Å². The van der Waals surface area contributed by atoms with Crippen LogP contribution in [0.15, 0.2) is 30.5 Å². The van der Waals surface area contributed by atoms with Gasteiger partial charge in [0.25, 0.3) is 0 Å². The molecule has 0 bridgehead atoms. The summed E-state index contributed by atoms with van der Waals surface area (Å²) in [6.07, 6.45) is 2.58. The quantitative estimate of drug-likeness (QED) is 0.935. The third kappa shape index (κ3) is 2.45. The van der Waals surface area contributed by atoms with Gasteiger partial charge >= 0.3 is 5.97 Å². The predicted octanol–water partition coefficient (Wildman–Crippen LogP) is 2.07. The maximum atomic E-state index is 11.3. The molecule has 1 aromatic heterocycles. The van der Waals surface area contributed by atoms with Crippen molar-refractivity contribution in [2.75, 3.05) is 32.1 Å². The number of carboxylic acid groups (broad SMARTS) is 1. The summed E-state index contributed by atoms with van der Waals surface area (Å²) in [6.45, 7) is 1.88. The summed E-state index contributed by atoms with van der Waals surface area (Å²) >= 11 is 0. The van der Waals surface area contributed by atoms with E-state index in [1.807, 2.05) is 24.3 Å². The zero-order valence-corrected chi connectivity index (χ0v) is 12.3. The number of hydrogen-bond acceptors (Lipinski definition) is 4. The molecule has 21 heavy (non-hydrogen) atoms. The number of benzene rings is 1. The average molecular weight is 285 g/mol. The number of fused-ring (bicyclic) bond motifs is 1. The van der Waals surface area contributed by atoms with Crippen molar-refractivity contribution in [3.8, 4) is 0 Å². The first kappa shape index (κ1) is 13.8. The number of anilines is 1. The van der Waals surface area contributed by atoms with E-state index in [2.05, 4.69) is 28.9 Å². The van der Waals surface area contributed by atoms with E-state index in [1.54, 1.807) is 0 Å². The van der Waals surface area contributed by atoms with E-state index < -0.39 is 5.97 Å². The highest BCUT2D eigenvalue weighted by Gasteiger charge is 2.26. The Balaban J connectivity index is 2.05. The van der Waals surface area contributed by atoms with E-state index in [4.69, 9.17) is 0 Å². The number of likely N-dealkylation sites (N-methyl/N-ethyl adjacent to an activating group) is 1. The van der Waals surface area contributed by atoms with Crippen molar-refractivity contribution in [3.05, 3.63) is 36.0 Å². The summed E-state index contributed by atoms with van der Waals surface area (Å²) in [5.74, 6) is -0.0437. The highest BCUT2D eigenvalue weighted by molar-refractivity contribution is 6.06. The Morgan fingerprint density at radius 3 is 2.67 bits per heavy atom. The number of pyridine rings is 1. The first-order valence-electron chi connectivity index (χ1n) is 7.10. The van der Waals surface area contributed by atoms with E-state index >= 15 is 0 Å². The van der Waals surface area contributed by atoms with Gasteiger partial charge in [-0.1, -0.05) is 24.3 Å². The van der Waals surface area contributed by atoms with Gasteiger partial charge < -0.3 is 14.9 Å². The molecule has 5 heteroatoms. The van der Waals surface area contributed by atoms with Crippen LogP contribution in [0.4, 0.5) is 5.82 Å².